The van der Waals surface area contributed by atoms with E-state index < -0.39 is 5.60 Å². The fourth-order valence-corrected chi connectivity index (χ4v) is 5.21. The molecule has 1 fully saturated rings. The lowest BCUT2D eigenvalue weighted by Crippen LogP contribution is -2.52. The number of amides is 1. The number of aliphatic hydroxyl groups is 1. The Kier molecular flexibility index (Phi) is 11.2. The highest BCUT2D eigenvalue weighted by molar-refractivity contribution is 5.77. The van der Waals surface area contributed by atoms with Crippen LogP contribution in [-0.2, 0) is 29.0 Å². The molecule has 1 aliphatic rings. The van der Waals surface area contributed by atoms with Crippen LogP contribution in [0.2, 0.25) is 0 Å². The third-order valence-electron chi connectivity index (χ3n) is 7.39. The Morgan fingerprint density at radius 3 is 2.60 bits per heavy atom. The lowest BCUT2D eigenvalue weighted by Gasteiger charge is -2.33. The minimum atomic E-state index is -1.28. The number of ether oxygens (including phenoxy) is 4. The van der Waals surface area contributed by atoms with Crippen molar-refractivity contribution in [2.24, 2.45) is 0 Å². The molecule has 1 amide bonds. The number of rotatable bonds is 14. The van der Waals surface area contributed by atoms with Gasteiger partial charge in [0.05, 0.1) is 20.3 Å². The number of hydrogen-bond acceptors (Lipinski definition) is 8. The van der Waals surface area contributed by atoms with Gasteiger partial charge in [0.1, 0.15) is 30.4 Å². The predicted octanol–water partition coefficient (Wildman–Crippen LogP) is 3.33. The highest BCUT2D eigenvalue weighted by Crippen LogP contribution is 2.29. The molecule has 0 bridgehead atoms. The van der Waals surface area contributed by atoms with Gasteiger partial charge in [-0.3, -0.25) is 9.69 Å². The van der Waals surface area contributed by atoms with E-state index in [4.69, 9.17) is 18.9 Å². The van der Waals surface area contributed by atoms with Gasteiger partial charge in [0, 0.05) is 58.6 Å². The molecular weight excluding hydrogens is 536 g/mol. The number of aryl methyl sites for hydroxylation is 3. The molecule has 4 rings (SSSR count). The maximum Gasteiger partial charge on any atom is 0.248 e. The number of carbonyl (C=O) groups excluding carboxylic acids is 1. The largest absolute Gasteiger partial charge is 0.493 e. The van der Waals surface area contributed by atoms with E-state index in [-0.39, 0.29) is 25.7 Å². The first-order chi connectivity index (χ1) is 20.3. The van der Waals surface area contributed by atoms with Crippen LogP contribution in [0.1, 0.15) is 30.3 Å². The van der Waals surface area contributed by atoms with Crippen molar-refractivity contribution in [3.63, 3.8) is 0 Å². The summed E-state index contributed by atoms with van der Waals surface area (Å²) in [7, 11) is 3.13. The normalized spacial score (nSPS) is 17.6. The number of methoxy groups -OCH3 is 2. The van der Waals surface area contributed by atoms with Gasteiger partial charge in [-0.25, -0.2) is 4.98 Å². The average molecular weight is 581 g/mol. The molecule has 0 radical (unpaired) electrons. The summed E-state index contributed by atoms with van der Waals surface area (Å²) in [5.74, 6) is 2.94. The fraction of sp³-hybridized carbons (Fsp3) is 0.500. The highest BCUT2D eigenvalue weighted by atomic mass is 16.5. The van der Waals surface area contributed by atoms with E-state index in [0.717, 1.165) is 36.3 Å². The van der Waals surface area contributed by atoms with Crippen molar-refractivity contribution in [2.45, 2.75) is 45.4 Å². The number of aromatic nitrogens is 2. The van der Waals surface area contributed by atoms with Crippen LogP contribution in [0.3, 0.4) is 0 Å². The number of carbonyl (C=O) groups is 1. The standard InChI is InChI=1S/C32H44N4O6/c1-5-30-33-13-15-35(30)14-6-18-41-29-19-26(9-12-28(29)40-4)20-34-16-17-36(31(37)21-39-3)23-32(38,22-34)24-42-27-10-7-25(2)8-11-27/h7-13,15,19,38H,5-6,14,16-18,20-24H2,1-4H3/t32-/m0/s1. The zero-order chi connectivity index (χ0) is 30.0. The molecule has 1 N–H and O–H groups in total. The molecule has 0 saturated carbocycles. The molecule has 1 saturated heterocycles. The molecule has 10 heteroatoms. The molecule has 10 nitrogen and oxygen atoms in total. The number of β-amino-alcohol motifs (C(OH)–C–C–N with tert-alkyl or cyclic N) is 1. The zero-order valence-corrected chi connectivity index (χ0v) is 25.3. The molecule has 1 atom stereocenters. The molecule has 228 valence electrons. The van der Waals surface area contributed by atoms with Gasteiger partial charge < -0.3 is 33.5 Å². The van der Waals surface area contributed by atoms with Gasteiger partial charge in [0.15, 0.2) is 11.5 Å². The quantitative estimate of drug-likeness (QED) is 0.290. The minimum absolute atomic E-state index is 0.0331. The smallest absolute Gasteiger partial charge is 0.248 e. The first kappa shape index (κ1) is 31.3. The van der Waals surface area contributed by atoms with Crippen molar-refractivity contribution in [3.8, 4) is 17.2 Å². The van der Waals surface area contributed by atoms with Crippen LogP contribution in [0.15, 0.2) is 54.9 Å². The Bertz CT molecular complexity index is 1280. The Balaban J connectivity index is 1.43. The molecule has 0 unspecified atom stereocenters. The average Bonchev–Trinajstić information content (AvgIpc) is 3.37. The molecule has 1 aliphatic heterocycles. The summed E-state index contributed by atoms with van der Waals surface area (Å²) in [6, 6.07) is 13.6. The molecular formula is C32H44N4O6. The summed E-state index contributed by atoms with van der Waals surface area (Å²) in [4.78, 5) is 21.0. The van der Waals surface area contributed by atoms with Crippen LogP contribution in [0.5, 0.6) is 17.2 Å². The van der Waals surface area contributed by atoms with E-state index >= 15 is 0 Å². The molecule has 0 aliphatic carbocycles. The third kappa shape index (κ3) is 8.70. The monoisotopic (exact) mass is 580 g/mol. The first-order valence-electron chi connectivity index (χ1n) is 14.5. The molecule has 42 heavy (non-hydrogen) atoms. The zero-order valence-electron chi connectivity index (χ0n) is 25.3. The summed E-state index contributed by atoms with van der Waals surface area (Å²) in [5.41, 5.74) is 0.873. The van der Waals surface area contributed by atoms with E-state index in [1.165, 1.54) is 7.11 Å². The Hall–Kier alpha value is -3.60. The fourth-order valence-electron chi connectivity index (χ4n) is 5.21. The van der Waals surface area contributed by atoms with Crippen molar-refractivity contribution in [3.05, 3.63) is 71.8 Å². The molecule has 2 aromatic carbocycles. The van der Waals surface area contributed by atoms with Gasteiger partial charge in [-0.2, -0.15) is 0 Å². The van der Waals surface area contributed by atoms with Gasteiger partial charge in [-0.15, -0.1) is 0 Å². The van der Waals surface area contributed by atoms with E-state index in [1.807, 2.05) is 61.8 Å². The second-order valence-electron chi connectivity index (χ2n) is 10.9. The molecule has 3 aromatic rings. The van der Waals surface area contributed by atoms with Crippen molar-refractivity contribution in [1.82, 2.24) is 19.4 Å². The van der Waals surface area contributed by atoms with Gasteiger partial charge >= 0.3 is 0 Å². The second-order valence-corrected chi connectivity index (χ2v) is 10.9. The second kappa shape index (κ2) is 15.0. The van der Waals surface area contributed by atoms with Gasteiger partial charge in [0.2, 0.25) is 5.91 Å². The van der Waals surface area contributed by atoms with Gasteiger partial charge in [-0.1, -0.05) is 30.7 Å². The summed E-state index contributed by atoms with van der Waals surface area (Å²) in [5, 5.41) is 11.7. The van der Waals surface area contributed by atoms with Crippen LogP contribution in [0.25, 0.3) is 0 Å². The predicted molar refractivity (Wildman–Crippen MR) is 160 cm³/mol. The molecule has 2 heterocycles. The van der Waals surface area contributed by atoms with Crippen molar-refractivity contribution < 1.29 is 28.8 Å². The summed E-state index contributed by atoms with van der Waals surface area (Å²) in [6.45, 7) is 7.63. The maximum absolute atomic E-state index is 12.8. The lowest BCUT2D eigenvalue weighted by atomic mass is 10.0. The number of hydrogen-bond donors (Lipinski definition) is 1. The van der Waals surface area contributed by atoms with E-state index in [2.05, 4.69) is 21.4 Å². The van der Waals surface area contributed by atoms with Crippen LogP contribution in [0.4, 0.5) is 0 Å². The van der Waals surface area contributed by atoms with Crippen LogP contribution in [-0.4, -0.2) is 96.2 Å². The highest BCUT2D eigenvalue weighted by Gasteiger charge is 2.37. The molecule has 1 aromatic heterocycles. The number of imidazole rings is 1. The van der Waals surface area contributed by atoms with Crippen molar-refractivity contribution in [2.75, 3.05) is 60.2 Å². The van der Waals surface area contributed by atoms with Crippen molar-refractivity contribution >= 4 is 5.91 Å². The maximum atomic E-state index is 12.8. The Labute approximate surface area is 248 Å². The van der Waals surface area contributed by atoms with E-state index in [0.29, 0.717) is 50.0 Å². The van der Waals surface area contributed by atoms with Crippen LogP contribution in [0, 0.1) is 6.92 Å². The van der Waals surface area contributed by atoms with Crippen molar-refractivity contribution in [1.29, 1.82) is 0 Å². The topological polar surface area (TPSA) is 98.5 Å². The van der Waals surface area contributed by atoms with Gasteiger partial charge in [-0.05, 0) is 43.2 Å². The van der Waals surface area contributed by atoms with E-state index in [9.17, 15) is 9.90 Å². The summed E-state index contributed by atoms with van der Waals surface area (Å²) >= 11 is 0. The Morgan fingerprint density at radius 1 is 1.05 bits per heavy atom. The summed E-state index contributed by atoms with van der Waals surface area (Å²) in [6.07, 6.45) is 5.56. The number of nitrogens with zero attached hydrogens (tertiary/aromatic N) is 4. The summed E-state index contributed by atoms with van der Waals surface area (Å²) < 4.78 is 25.0. The SMILES string of the molecule is CCc1nccn1CCCOc1cc(CN2CCN(C(=O)COC)C[C@](O)(COc3ccc(C)cc3)C2)ccc1OC. The van der Waals surface area contributed by atoms with Crippen LogP contribution < -0.4 is 14.2 Å². The molecule has 0 spiro atoms. The lowest BCUT2D eigenvalue weighted by molar-refractivity contribution is -0.138. The first-order valence-corrected chi connectivity index (χ1v) is 14.5. The van der Waals surface area contributed by atoms with Gasteiger partial charge in [0.25, 0.3) is 0 Å². The minimum Gasteiger partial charge on any atom is -0.493 e. The number of benzene rings is 2. The van der Waals surface area contributed by atoms with E-state index in [1.54, 1.807) is 12.0 Å². The van der Waals surface area contributed by atoms with Crippen LogP contribution >= 0.6 is 0 Å². The third-order valence-corrected chi connectivity index (χ3v) is 7.39. The Morgan fingerprint density at radius 2 is 1.86 bits per heavy atom.